The maximum absolute atomic E-state index is 11.9. The number of ketones is 1. The van der Waals surface area contributed by atoms with Crippen LogP contribution in [0.2, 0.25) is 0 Å². The van der Waals surface area contributed by atoms with Crippen LogP contribution in [-0.2, 0) is 0 Å². The van der Waals surface area contributed by atoms with E-state index in [0.29, 0.717) is 5.56 Å². The minimum Gasteiger partial charge on any atom is -0.279 e. The van der Waals surface area contributed by atoms with E-state index in [4.69, 9.17) is 0 Å². The Morgan fingerprint density at radius 2 is 1.18 bits per heavy atom. The van der Waals surface area contributed by atoms with Crippen molar-refractivity contribution in [2.45, 2.75) is 0 Å². The van der Waals surface area contributed by atoms with Crippen molar-refractivity contribution < 1.29 is 4.79 Å². The highest BCUT2D eigenvalue weighted by Crippen LogP contribution is 2.18. The Bertz CT molecular complexity index is 820. The molecule has 0 fully saturated rings. The molecule has 0 aliphatic heterocycles. The smallest absolute Gasteiger partial charge is 0.236 e. The standard InChI is InChI=1S/C21H14O/c22-21(20-9-5-2-6-10-20)16-13-17-11-14-19(15-12-17)18-7-3-1-4-8-18/h1-12,14-15H. The van der Waals surface area contributed by atoms with E-state index in [1.165, 1.54) is 5.56 Å². The van der Waals surface area contributed by atoms with E-state index in [1.807, 2.05) is 60.7 Å². The number of hydrogen-bond acceptors (Lipinski definition) is 1. The average molecular weight is 282 g/mol. The van der Waals surface area contributed by atoms with Crippen LogP contribution in [-0.4, -0.2) is 5.78 Å². The molecule has 0 N–H and O–H groups in total. The molecule has 3 aromatic rings. The van der Waals surface area contributed by atoms with Crippen molar-refractivity contribution in [2.24, 2.45) is 0 Å². The maximum atomic E-state index is 11.9. The topological polar surface area (TPSA) is 17.1 Å². The van der Waals surface area contributed by atoms with Crippen molar-refractivity contribution in [3.8, 4) is 23.0 Å². The summed E-state index contributed by atoms with van der Waals surface area (Å²) >= 11 is 0. The Morgan fingerprint density at radius 1 is 0.636 bits per heavy atom. The summed E-state index contributed by atoms with van der Waals surface area (Å²) < 4.78 is 0. The second-order valence-corrected chi connectivity index (χ2v) is 4.89. The highest BCUT2D eigenvalue weighted by molar-refractivity contribution is 6.09. The molecule has 0 unspecified atom stereocenters. The van der Waals surface area contributed by atoms with Gasteiger partial charge in [-0.05, 0) is 29.2 Å². The minimum absolute atomic E-state index is 0.160. The van der Waals surface area contributed by atoms with Gasteiger partial charge in [-0.3, -0.25) is 4.79 Å². The monoisotopic (exact) mass is 282 g/mol. The van der Waals surface area contributed by atoms with E-state index >= 15 is 0 Å². The molecule has 3 rings (SSSR count). The fraction of sp³-hybridized carbons (Fsp3) is 0. The molecular weight excluding hydrogens is 268 g/mol. The first-order valence-corrected chi connectivity index (χ1v) is 7.10. The SMILES string of the molecule is O=C(C#Cc1ccc(-c2ccccc2)cc1)c1ccccc1. The molecule has 0 bridgehead atoms. The maximum Gasteiger partial charge on any atom is 0.236 e. The quantitative estimate of drug-likeness (QED) is 0.496. The van der Waals surface area contributed by atoms with Gasteiger partial charge in [0, 0.05) is 11.1 Å². The Labute approximate surface area is 130 Å². The second kappa shape index (κ2) is 6.56. The molecule has 104 valence electrons. The van der Waals surface area contributed by atoms with Crippen LogP contribution in [0.4, 0.5) is 0 Å². The molecule has 0 aliphatic rings. The normalized spacial score (nSPS) is 9.64. The van der Waals surface area contributed by atoms with Gasteiger partial charge in [-0.1, -0.05) is 78.7 Å². The van der Waals surface area contributed by atoms with Crippen molar-refractivity contribution in [1.82, 2.24) is 0 Å². The van der Waals surface area contributed by atoms with Crippen molar-refractivity contribution >= 4 is 5.78 Å². The molecule has 0 heterocycles. The molecule has 0 saturated carbocycles. The lowest BCUT2D eigenvalue weighted by atomic mass is 10.0. The molecule has 0 atom stereocenters. The number of carbonyl (C=O) groups excluding carboxylic acids is 1. The van der Waals surface area contributed by atoms with Crippen LogP contribution in [0.15, 0.2) is 84.9 Å². The van der Waals surface area contributed by atoms with Crippen LogP contribution in [0.25, 0.3) is 11.1 Å². The van der Waals surface area contributed by atoms with Crippen LogP contribution < -0.4 is 0 Å². The fourth-order valence-electron chi connectivity index (χ4n) is 2.17. The van der Waals surface area contributed by atoms with Gasteiger partial charge in [-0.25, -0.2) is 0 Å². The number of Topliss-reactive ketones (excluding diaryl/α,β-unsaturated/α-hetero) is 1. The van der Waals surface area contributed by atoms with E-state index in [1.54, 1.807) is 12.1 Å². The van der Waals surface area contributed by atoms with E-state index in [-0.39, 0.29) is 5.78 Å². The van der Waals surface area contributed by atoms with Gasteiger partial charge in [0.25, 0.3) is 0 Å². The third-order valence-electron chi connectivity index (χ3n) is 3.35. The van der Waals surface area contributed by atoms with Gasteiger partial charge >= 0.3 is 0 Å². The van der Waals surface area contributed by atoms with Crippen molar-refractivity contribution in [3.05, 3.63) is 96.1 Å². The third-order valence-corrected chi connectivity index (χ3v) is 3.35. The van der Waals surface area contributed by atoms with Crippen LogP contribution >= 0.6 is 0 Å². The Balaban J connectivity index is 1.78. The first-order valence-electron chi connectivity index (χ1n) is 7.10. The minimum atomic E-state index is -0.160. The van der Waals surface area contributed by atoms with Crippen LogP contribution in [0.1, 0.15) is 15.9 Å². The van der Waals surface area contributed by atoms with Gasteiger partial charge in [0.15, 0.2) is 0 Å². The third kappa shape index (κ3) is 3.31. The first kappa shape index (κ1) is 13.9. The van der Waals surface area contributed by atoms with E-state index in [9.17, 15) is 4.79 Å². The molecule has 0 amide bonds. The van der Waals surface area contributed by atoms with E-state index in [0.717, 1.165) is 11.1 Å². The van der Waals surface area contributed by atoms with Gasteiger partial charge in [-0.2, -0.15) is 0 Å². The molecule has 0 saturated heterocycles. The zero-order chi connectivity index (χ0) is 15.2. The molecule has 0 aromatic heterocycles. The van der Waals surface area contributed by atoms with Crippen molar-refractivity contribution in [2.75, 3.05) is 0 Å². The lowest BCUT2D eigenvalue weighted by molar-refractivity contribution is 0.105. The van der Waals surface area contributed by atoms with Crippen LogP contribution in [0.5, 0.6) is 0 Å². The summed E-state index contributed by atoms with van der Waals surface area (Å²) in [7, 11) is 0. The number of benzene rings is 3. The zero-order valence-electron chi connectivity index (χ0n) is 12.0. The zero-order valence-corrected chi connectivity index (χ0v) is 12.0. The molecule has 0 aliphatic carbocycles. The van der Waals surface area contributed by atoms with Gasteiger partial charge < -0.3 is 0 Å². The molecule has 0 spiro atoms. The lowest BCUT2D eigenvalue weighted by Crippen LogP contribution is -1.93. The highest BCUT2D eigenvalue weighted by Gasteiger charge is 2.00. The van der Waals surface area contributed by atoms with Gasteiger partial charge in [0.1, 0.15) is 0 Å². The van der Waals surface area contributed by atoms with Gasteiger partial charge in [-0.15, -0.1) is 0 Å². The molecule has 22 heavy (non-hydrogen) atoms. The van der Waals surface area contributed by atoms with Crippen molar-refractivity contribution in [1.29, 1.82) is 0 Å². The molecule has 0 radical (unpaired) electrons. The second-order valence-electron chi connectivity index (χ2n) is 4.89. The summed E-state index contributed by atoms with van der Waals surface area (Å²) in [6, 6.07) is 27.2. The Kier molecular flexibility index (Phi) is 4.13. The fourth-order valence-corrected chi connectivity index (χ4v) is 2.17. The van der Waals surface area contributed by atoms with Crippen molar-refractivity contribution in [3.63, 3.8) is 0 Å². The molecule has 3 aromatic carbocycles. The van der Waals surface area contributed by atoms with E-state index in [2.05, 4.69) is 24.0 Å². The van der Waals surface area contributed by atoms with Crippen LogP contribution in [0.3, 0.4) is 0 Å². The van der Waals surface area contributed by atoms with Crippen LogP contribution in [0, 0.1) is 11.8 Å². The Morgan fingerprint density at radius 3 is 1.82 bits per heavy atom. The number of carbonyl (C=O) groups is 1. The van der Waals surface area contributed by atoms with Gasteiger partial charge in [0.2, 0.25) is 5.78 Å². The first-order chi connectivity index (χ1) is 10.8. The predicted octanol–water partition coefficient (Wildman–Crippen LogP) is 4.59. The summed E-state index contributed by atoms with van der Waals surface area (Å²) in [5.41, 5.74) is 3.77. The number of rotatable bonds is 2. The summed E-state index contributed by atoms with van der Waals surface area (Å²) in [6.07, 6.45) is 0. The van der Waals surface area contributed by atoms with Gasteiger partial charge in [0.05, 0.1) is 0 Å². The molecular formula is C21H14O. The molecule has 1 heteroatoms. The summed E-state index contributed by atoms with van der Waals surface area (Å²) in [5.74, 6) is 5.45. The lowest BCUT2D eigenvalue weighted by Gasteiger charge is -2.00. The highest BCUT2D eigenvalue weighted by atomic mass is 16.1. The number of hydrogen-bond donors (Lipinski definition) is 0. The average Bonchev–Trinajstić information content (AvgIpc) is 2.61. The Hall–Kier alpha value is -3.11. The largest absolute Gasteiger partial charge is 0.279 e. The summed E-state index contributed by atoms with van der Waals surface area (Å²) in [5, 5.41) is 0. The summed E-state index contributed by atoms with van der Waals surface area (Å²) in [4.78, 5) is 11.9. The molecule has 1 nitrogen and oxygen atoms in total. The van der Waals surface area contributed by atoms with E-state index < -0.39 is 0 Å². The predicted molar refractivity (Wildman–Crippen MR) is 89.5 cm³/mol. The summed E-state index contributed by atoms with van der Waals surface area (Å²) in [6.45, 7) is 0.